The fraction of sp³-hybridized carbons (Fsp3) is 0.462. The Bertz CT molecular complexity index is 1240. The summed E-state index contributed by atoms with van der Waals surface area (Å²) in [5.41, 5.74) is 10.2. The van der Waals surface area contributed by atoms with Gasteiger partial charge in [0.05, 0.1) is 16.6 Å². The zero-order valence-electron chi connectivity index (χ0n) is 19.6. The summed E-state index contributed by atoms with van der Waals surface area (Å²) in [6, 6.07) is 5.77. The van der Waals surface area contributed by atoms with Crippen LogP contribution in [0, 0.1) is 0 Å². The highest BCUT2D eigenvalue weighted by Crippen LogP contribution is 2.36. The van der Waals surface area contributed by atoms with Crippen molar-refractivity contribution in [2.45, 2.75) is 77.0 Å². The van der Waals surface area contributed by atoms with E-state index in [1.54, 1.807) is 0 Å². The Morgan fingerprint density at radius 2 is 1.94 bits per heavy atom. The number of esters is 1. The molecule has 1 saturated carbocycles. The zero-order chi connectivity index (χ0) is 23.3. The average molecular weight is 447 g/mol. The van der Waals surface area contributed by atoms with E-state index in [1.807, 2.05) is 45.3 Å². The molecule has 5 rings (SSSR count). The Morgan fingerprint density at radius 1 is 1.15 bits per heavy atom. The lowest BCUT2D eigenvalue weighted by atomic mass is 9.88. The van der Waals surface area contributed by atoms with E-state index in [0.29, 0.717) is 17.9 Å². The number of ether oxygens (including phenoxy) is 2. The van der Waals surface area contributed by atoms with Crippen molar-refractivity contribution in [3.8, 4) is 5.88 Å². The quantitative estimate of drug-likeness (QED) is 0.560. The van der Waals surface area contributed by atoms with Gasteiger partial charge in [0, 0.05) is 41.7 Å². The van der Waals surface area contributed by atoms with E-state index in [1.165, 1.54) is 0 Å². The Kier molecular flexibility index (Phi) is 5.32. The molecule has 1 fully saturated rings. The van der Waals surface area contributed by atoms with E-state index >= 15 is 0 Å². The van der Waals surface area contributed by atoms with Gasteiger partial charge in [-0.2, -0.15) is 0 Å². The molecule has 172 valence electrons. The molecule has 3 aromatic rings. The lowest BCUT2D eigenvalue weighted by molar-refractivity contribution is 0.0234. The molecule has 1 aliphatic carbocycles. The van der Waals surface area contributed by atoms with Gasteiger partial charge >= 0.3 is 5.97 Å². The van der Waals surface area contributed by atoms with Crippen LogP contribution in [0.1, 0.15) is 85.9 Å². The maximum absolute atomic E-state index is 12.2. The summed E-state index contributed by atoms with van der Waals surface area (Å²) in [6.07, 6.45) is 7.20. The Morgan fingerprint density at radius 3 is 2.67 bits per heavy atom. The van der Waals surface area contributed by atoms with Gasteiger partial charge < -0.3 is 15.2 Å². The minimum Gasteiger partial charge on any atom is -0.474 e. The molecule has 0 aromatic carbocycles. The zero-order valence-corrected chi connectivity index (χ0v) is 19.6. The molecular weight excluding hydrogens is 416 g/mol. The summed E-state index contributed by atoms with van der Waals surface area (Å²) < 4.78 is 11.5. The number of hydrogen-bond acceptors (Lipinski definition) is 7. The van der Waals surface area contributed by atoms with Gasteiger partial charge in [-0.05, 0) is 62.3 Å². The molecule has 0 saturated heterocycles. The van der Waals surface area contributed by atoms with Crippen LogP contribution in [0.2, 0.25) is 0 Å². The molecule has 3 aromatic heterocycles. The third kappa shape index (κ3) is 4.06. The average Bonchev–Trinajstić information content (AvgIpc) is 3.61. The number of nitrogens with two attached hydrogens (primary N) is 1. The monoisotopic (exact) mass is 446 g/mol. The van der Waals surface area contributed by atoms with Gasteiger partial charge in [-0.25, -0.2) is 9.78 Å². The van der Waals surface area contributed by atoms with Gasteiger partial charge in [0.1, 0.15) is 12.2 Å². The van der Waals surface area contributed by atoms with E-state index in [2.05, 4.69) is 18.0 Å². The van der Waals surface area contributed by atoms with Crippen LogP contribution in [0.15, 0.2) is 30.6 Å². The van der Waals surface area contributed by atoms with Gasteiger partial charge in [0.15, 0.2) is 0 Å². The van der Waals surface area contributed by atoms with E-state index < -0.39 is 5.54 Å². The topological polar surface area (TPSA) is 100 Å². The highest BCUT2D eigenvalue weighted by atomic mass is 16.5. The van der Waals surface area contributed by atoms with Crippen molar-refractivity contribution in [1.82, 2.24) is 15.0 Å². The fourth-order valence-corrected chi connectivity index (χ4v) is 4.21. The van der Waals surface area contributed by atoms with Crippen LogP contribution < -0.4 is 10.5 Å². The van der Waals surface area contributed by atoms with Crippen LogP contribution in [0.4, 0.5) is 0 Å². The molecule has 1 aliphatic heterocycles. The molecule has 7 nitrogen and oxygen atoms in total. The second-order valence-corrected chi connectivity index (χ2v) is 9.60. The third-order valence-corrected chi connectivity index (χ3v) is 6.94. The van der Waals surface area contributed by atoms with Crippen molar-refractivity contribution in [2.24, 2.45) is 5.73 Å². The molecule has 3 atom stereocenters. The number of rotatable bonds is 6. The second kappa shape index (κ2) is 8.06. The molecule has 33 heavy (non-hydrogen) atoms. The Labute approximate surface area is 193 Å². The molecule has 2 N–H and O–H groups in total. The summed E-state index contributed by atoms with van der Waals surface area (Å²) in [6.45, 7) is 8.04. The summed E-state index contributed by atoms with van der Waals surface area (Å²) in [4.78, 5) is 26.3. The summed E-state index contributed by atoms with van der Waals surface area (Å²) >= 11 is 0. The molecule has 0 amide bonds. The van der Waals surface area contributed by atoms with Gasteiger partial charge in [-0.15, -0.1) is 0 Å². The maximum atomic E-state index is 12.2. The first-order valence-corrected chi connectivity index (χ1v) is 11.7. The minimum atomic E-state index is -0.516. The molecular formula is C26H30N4O3. The van der Waals surface area contributed by atoms with Crippen LogP contribution in [-0.2, 0) is 16.7 Å². The summed E-state index contributed by atoms with van der Waals surface area (Å²) in [7, 11) is 0. The number of hydrogen-bond donors (Lipinski definition) is 1. The van der Waals surface area contributed by atoms with Crippen LogP contribution in [0.5, 0.6) is 5.88 Å². The smallest absolute Gasteiger partial charge is 0.340 e. The third-order valence-electron chi connectivity index (χ3n) is 6.94. The molecule has 0 bridgehead atoms. The van der Waals surface area contributed by atoms with Crippen molar-refractivity contribution >= 4 is 16.7 Å². The molecule has 7 heteroatoms. The maximum Gasteiger partial charge on any atom is 0.340 e. The van der Waals surface area contributed by atoms with E-state index in [-0.39, 0.29) is 24.1 Å². The van der Waals surface area contributed by atoms with Crippen LogP contribution >= 0.6 is 0 Å². The number of cyclic esters (lactones) is 1. The summed E-state index contributed by atoms with van der Waals surface area (Å²) in [5, 5.41) is 1.90. The van der Waals surface area contributed by atoms with Crippen LogP contribution in [-0.4, -0.2) is 33.1 Å². The molecule has 0 spiro atoms. The minimum absolute atomic E-state index is 0.0459. The Balaban J connectivity index is 1.54. The Hall–Kier alpha value is -3.06. The first-order valence-electron chi connectivity index (χ1n) is 11.7. The normalized spacial score (nSPS) is 21.9. The van der Waals surface area contributed by atoms with Crippen LogP contribution in [0.3, 0.4) is 0 Å². The predicted molar refractivity (Wildman–Crippen MR) is 125 cm³/mol. The predicted octanol–water partition coefficient (Wildman–Crippen LogP) is 4.40. The molecule has 0 unspecified atom stereocenters. The van der Waals surface area contributed by atoms with E-state index in [4.69, 9.17) is 25.2 Å². The van der Waals surface area contributed by atoms with Gasteiger partial charge in [-0.3, -0.25) is 9.97 Å². The van der Waals surface area contributed by atoms with Crippen molar-refractivity contribution in [3.63, 3.8) is 0 Å². The number of carbonyl (C=O) groups excluding carboxylic acids is 1. The van der Waals surface area contributed by atoms with Crippen molar-refractivity contribution < 1.29 is 14.3 Å². The lowest BCUT2D eigenvalue weighted by Crippen LogP contribution is -2.32. The molecule has 0 radical (unpaired) electrons. The second-order valence-electron chi connectivity index (χ2n) is 9.60. The summed E-state index contributed by atoms with van der Waals surface area (Å²) in [5.74, 6) is 0.362. The first-order chi connectivity index (χ1) is 15.8. The fourth-order valence-electron chi connectivity index (χ4n) is 4.21. The SMILES string of the molecule is CC[C@@](C)(N)c1cnc(OC2CC2)c2cnc(Cc3ccc4c(n3)[C@@H](C)[C@H](C)OC4=O)cc12. The number of aromatic nitrogens is 3. The highest BCUT2D eigenvalue weighted by Gasteiger charge is 2.32. The first kappa shape index (κ1) is 21.8. The van der Waals surface area contributed by atoms with Crippen LogP contribution in [0.25, 0.3) is 10.8 Å². The molecule has 4 heterocycles. The van der Waals surface area contributed by atoms with E-state index in [9.17, 15) is 4.79 Å². The van der Waals surface area contributed by atoms with Gasteiger partial charge in [-0.1, -0.05) is 13.8 Å². The standard InChI is InChI=1S/C26H30N4O3/c1-5-26(4,27)22-13-29-24(33-18-7-8-18)21-12-28-17(11-20(21)22)10-16-6-9-19-23(30-16)14(2)15(3)32-25(19)31/h6,9,11-15,18H,5,7-8,10,27H2,1-4H3/t14-,15-,26+/m0/s1. The van der Waals surface area contributed by atoms with Crippen molar-refractivity contribution in [2.75, 3.05) is 0 Å². The highest BCUT2D eigenvalue weighted by molar-refractivity contribution is 5.92. The van der Waals surface area contributed by atoms with E-state index in [0.717, 1.165) is 52.7 Å². The number of fused-ring (bicyclic) bond motifs is 2. The number of nitrogens with zero attached hydrogens (tertiary/aromatic N) is 3. The van der Waals surface area contributed by atoms with Gasteiger partial charge in [0.25, 0.3) is 0 Å². The van der Waals surface area contributed by atoms with Crippen molar-refractivity contribution in [3.05, 3.63) is 58.8 Å². The largest absolute Gasteiger partial charge is 0.474 e. The number of pyridine rings is 3. The van der Waals surface area contributed by atoms with Crippen molar-refractivity contribution in [1.29, 1.82) is 0 Å². The molecule has 2 aliphatic rings. The van der Waals surface area contributed by atoms with Gasteiger partial charge in [0.2, 0.25) is 5.88 Å². The number of carbonyl (C=O) groups is 1. The lowest BCUT2D eigenvalue weighted by Gasteiger charge is -2.27.